The first-order valence-electron chi connectivity index (χ1n) is 9.78. The molecule has 1 aliphatic heterocycles. The normalized spacial score (nSPS) is 12.2. The second-order valence-electron chi connectivity index (χ2n) is 6.98. The Hall–Kier alpha value is -4.64. The van der Waals surface area contributed by atoms with Gasteiger partial charge in [-0.05, 0) is 48.5 Å². The number of rotatable bonds is 5. The van der Waals surface area contributed by atoms with Crippen LogP contribution in [0.3, 0.4) is 0 Å². The third kappa shape index (κ3) is 4.42. The van der Waals surface area contributed by atoms with E-state index >= 15 is 0 Å². The number of amides is 3. The highest BCUT2D eigenvalue weighted by molar-refractivity contribution is 6.15. The van der Waals surface area contributed by atoms with Crippen LogP contribution in [0.2, 0.25) is 0 Å². The first-order valence-corrected chi connectivity index (χ1v) is 9.78. The molecule has 3 aromatic rings. The van der Waals surface area contributed by atoms with Gasteiger partial charge in [0.1, 0.15) is 18.4 Å². The smallest absolute Gasteiger partial charge is 0.262 e. The van der Waals surface area contributed by atoms with Gasteiger partial charge in [0.25, 0.3) is 11.8 Å². The van der Waals surface area contributed by atoms with Crippen LogP contribution in [0.1, 0.15) is 15.9 Å². The van der Waals surface area contributed by atoms with Crippen LogP contribution >= 0.6 is 0 Å². The van der Waals surface area contributed by atoms with Crippen molar-refractivity contribution in [2.24, 2.45) is 0 Å². The lowest BCUT2D eigenvalue weighted by Gasteiger charge is -2.29. The molecule has 2 N–H and O–H groups in total. The van der Waals surface area contributed by atoms with Crippen LogP contribution < -0.4 is 20.3 Å². The van der Waals surface area contributed by atoms with Crippen molar-refractivity contribution in [3.8, 4) is 11.8 Å². The largest absolute Gasteiger partial charge is 0.482 e. The van der Waals surface area contributed by atoms with Crippen molar-refractivity contribution in [2.45, 2.75) is 0 Å². The van der Waals surface area contributed by atoms with Gasteiger partial charge in [0, 0.05) is 11.3 Å². The Balaban J connectivity index is 1.40. The van der Waals surface area contributed by atoms with E-state index in [9.17, 15) is 14.4 Å². The topological polar surface area (TPSA) is 112 Å². The number of benzene rings is 3. The molecular weight excluding hydrogens is 408 g/mol. The molecule has 0 aromatic heterocycles. The molecule has 0 aliphatic carbocycles. The van der Waals surface area contributed by atoms with E-state index in [-0.39, 0.29) is 25.0 Å². The highest BCUT2D eigenvalue weighted by Gasteiger charge is 2.27. The summed E-state index contributed by atoms with van der Waals surface area (Å²) in [4.78, 5) is 38.5. The number of hydrogen-bond donors (Lipinski definition) is 2. The number of carbonyl (C=O) groups excluding carboxylic acids is 3. The summed E-state index contributed by atoms with van der Waals surface area (Å²) in [5.41, 5.74) is 2.42. The molecule has 0 radical (unpaired) electrons. The van der Waals surface area contributed by atoms with E-state index in [1.807, 2.05) is 6.07 Å². The number of para-hydroxylation sites is 3. The number of hydrogen-bond acceptors (Lipinski definition) is 5. The molecule has 0 saturated heterocycles. The minimum absolute atomic E-state index is 0.0736. The van der Waals surface area contributed by atoms with Crippen molar-refractivity contribution in [2.75, 3.05) is 28.7 Å². The lowest BCUT2D eigenvalue weighted by Crippen LogP contribution is -2.42. The first-order chi connectivity index (χ1) is 15.5. The van der Waals surface area contributed by atoms with Gasteiger partial charge in [0.05, 0.1) is 16.9 Å². The van der Waals surface area contributed by atoms with Gasteiger partial charge in [-0.15, -0.1) is 0 Å². The van der Waals surface area contributed by atoms with Gasteiger partial charge in [-0.25, -0.2) is 0 Å². The summed E-state index contributed by atoms with van der Waals surface area (Å²) in [5, 5.41) is 14.5. The maximum Gasteiger partial charge on any atom is 0.262 e. The van der Waals surface area contributed by atoms with Crippen molar-refractivity contribution in [3.63, 3.8) is 0 Å². The van der Waals surface area contributed by atoms with Crippen LogP contribution in [0.5, 0.6) is 5.75 Å². The number of nitriles is 1. The highest BCUT2D eigenvalue weighted by Crippen LogP contribution is 2.30. The lowest BCUT2D eigenvalue weighted by molar-refractivity contribution is -0.118. The second-order valence-corrected chi connectivity index (χ2v) is 6.98. The van der Waals surface area contributed by atoms with Crippen LogP contribution in [0.25, 0.3) is 0 Å². The summed E-state index contributed by atoms with van der Waals surface area (Å²) in [6.45, 7) is -0.338. The molecule has 0 saturated carbocycles. The molecule has 1 heterocycles. The average Bonchev–Trinajstić information content (AvgIpc) is 2.82. The second kappa shape index (κ2) is 9.02. The van der Waals surface area contributed by atoms with Crippen LogP contribution in [0, 0.1) is 11.3 Å². The number of nitrogens with one attached hydrogen (secondary N) is 2. The van der Waals surface area contributed by atoms with Crippen molar-refractivity contribution in [1.29, 1.82) is 5.26 Å². The minimum atomic E-state index is -0.404. The number of carbonyl (C=O) groups is 3. The standard InChI is InChI=1S/C24H18N4O4/c25-13-17-5-1-4-8-21(17)32-15-23(30)26-18-11-9-16(10-12-18)24(31)28-14-22(29)27-19-6-2-3-7-20(19)28/h1-12H,14-15H2,(H,26,30)(H,27,29). The van der Waals surface area contributed by atoms with E-state index < -0.39 is 5.91 Å². The summed E-state index contributed by atoms with van der Waals surface area (Å²) < 4.78 is 5.41. The van der Waals surface area contributed by atoms with Crippen LogP contribution in [-0.2, 0) is 9.59 Å². The predicted molar refractivity (Wildman–Crippen MR) is 118 cm³/mol. The SMILES string of the molecule is N#Cc1ccccc1OCC(=O)Nc1ccc(C(=O)N2CC(=O)Nc3ccccc32)cc1. The van der Waals surface area contributed by atoms with Gasteiger partial charge in [-0.3, -0.25) is 19.3 Å². The zero-order chi connectivity index (χ0) is 22.5. The molecule has 3 amide bonds. The molecule has 158 valence electrons. The van der Waals surface area contributed by atoms with E-state index in [2.05, 4.69) is 10.6 Å². The number of nitrogens with zero attached hydrogens (tertiary/aromatic N) is 2. The van der Waals surface area contributed by atoms with Crippen LogP contribution in [-0.4, -0.2) is 30.9 Å². The Bertz CT molecular complexity index is 1230. The van der Waals surface area contributed by atoms with E-state index in [1.54, 1.807) is 72.8 Å². The average molecular weight is 426 g/mol. The fraction of sp³-hybridized carbons (Fsp3) is 0.0833. The Morgan fingerprint density at radius 2 is 1.75 bits per heavy atom. The fourth-order valence-electron chi connectivity index (χ4n) is 3.29. The minimum Gasteiger partial charge on any atom is -0.482 e. The van der Waals surface area contributed by atoms with Gasteiger partial charge in [0.15, 0.2) is 6.61 Å². The zero-order valence-electron chi connectivity index (χ0n) is 16.9. The Kier molecular flexibility index (Phi) is 5.81. The maximum absolute atomic E-state index is 13.0. The summed E-state index contributed by atoms with van der Waals surface area (Å²) in [6, 6.07) is 22.1. The van der Waals surface area contributed by atoms with Crippen molar-refractivity contribution >= 4 is 34.8 Å². The third-order valence-corrected chi connectivity index (χ3v) is 4.80. The van der Waals surface area contributed by atoms with Crippen LogP contribution in [0.15, 0.2) is 72.8 Å². The molecule has 0 spiro atoms. The van der Waals surface area contributed by atoms with Crippen molar-refractivity contribution < 1.29 is 19.1 Å². The molecule has 0 bridgehead atoms. The predicted octanol–water partition coefficient (Wildman–Crippen LogP) is 3.17. The number of fused-ring (bicyclic) bond motifs is 1. The van der Waals surface area contributed by atoms with Gasteiger partial charge in [-0.1, -0.05) is 24.3 Å². The number of anilines is 3. The molecule has 0 fully saturated rings. The highest BCUT2D eigenvalue weighted by atomic mass is 16.5. The van der Waals surface area contributed by atoms with Gasteiger partial charge in [0.2, 0.25) is 5.91 Å². The number of ether oxygens (including phenoxy) is 1. The molecule has 0 atom stereocenters. The maximum atomic E-state index is 13.0. The molecule has 4 rings (SSSR count). The van der Waals surface area contributed by atoms with E-state index in [1.165, 1.54) is 4.90 Å². The molecule has 32 heavy (non-hydrogen) atoms. The Morgan fingerprint density at radius 1 is 1.03 bits per heavy atom. The van der Waals surface area contributed by atoms with Gasteiger partial charge in [-0.2, -0.15) is 5.26 Å². The third-order valence-electron chi connectivity index (χ3n) is 4.80. The van der Waals surface area contributed by atoms with E-state index in [0.29, 0.717) is 33.9 Å². The monoisotopic (exact) mass is 426 g/mol. The summed E-state index contributed by atoms with van der Waals surface area (Å²) in [6.07, 6.45) is 0. The summed E-state index contributed by atoms with van der Waals surface area (Å²) in [5.74, 6) is -0.657. The molecule has 8 heteroatoms. The van der Waals surface area contributed by atoms with E-state index in [0.717, 1.165) is 0 Å². The fourth-order valence-corrected chi connectivity index (χ4v) is 3.29. The first kappa shape index (κ1) is 20.6. The molecule has 8 nitrogen and oxygen atoms in total. The van der Waals surface area contributed by atoms with Crippen LogP contribution in [0.4, 0.5) is 17.1 Å². The Labute approximate surface area is 184 Å². The molecule has 1 aliphatic rings. The van der Waals surface area contributed by atoms with E-state index in [4.69, 9.17) is 10.00 Å². The Morgan fingerprint density at radius 3 is 2.53 bits per heavy atom. The summed E-state index contributed by atoms with van der Waals surface area (Å²) >= 11 is 0. The van der Waals surface area contributed by atoms with Crippen molar-refractivity contribution in [3.05, 3.63) is 83.9 Å². The van der Waals surface area contributed by atoms with Crippen molar-refractivity contribution in [1.82, 2.24) is 0 Å². The lowest BCUT2D eigenvalue weighted by atomic mass is 10.1. The molecule has 3 aromatic carbocycles. The zero-order valence-corrected chi connectivity index (χ0v) is 16.9. The molecular formula is C24H18N4O4. The summed E-state index contributed by atoms with van der Waals surface area (Å²) in [7, 11) is 0. The van der Waals surface area contributed by atoms with Gasteiger partial charge < -0.3 is 15.4 Å². The van der Waals surface area contributed by atoms with Gasteiger partial charge >= 0.3 is 0 Å². The molecule has 0 unspecified atom stereocenters. The quantitative estimate of drug-likeness (QED) is 0.651.